The monoisotopic (exact) mass is 498 g/mol. The number of hydrogen-bond donors (Lipinski definition) is 0. The second-order valence-electron chi connectivity index (χ2n) is 5.96. The van der Waals surface area contributed by atoms with E-state index in [0.29, 0.717) is 5.69 Å². The summed E-state index contributed by atoms with van der Waals surface area (Å²) in [6.45, 7) is 0. The highest BCUT2D eigenvalue weighted by Crippen LogP contribution is 2.41. The number of aromatic nitrogens is 2. The third-order valence-corrected chi connectivity index (χ3v) is 4.75. The molecular formula is C20H14BrF3N2O5. The predicted octanol–water partition coefficient (Wildman–Crippen LogP) is 4.77. The van der Waals surface area contributed by atoms with Crippen LogP contribution in [0.5, 0.6) is 5.75 Å². The quantitative estimate of drug-likeness (QED) is 0.471. The Balaban J connectivity index is 2.41. The SMILES string of the molecule is COC(=O)c1c(-c2c(Br)cccc2OC(F)(F)F)nn(-c2ccccc2)c1C(=O)OC. The van der Waals surface area contributed by atoms with Crippen molar-refractivity contribution in [1.29, 1.82) is 0 Å². The molecule has 0 aliphatic heterocycles. The van der Waals surface area contributed by atoms with E-state index in [-0.39, 0.29) is 27.0 Å². The fraction of sp³-hybridized carbons (Fsp3) is 0.150. The number of hydrogen-bond acceptors (Lipinski definition) is 6. The summed E-state index contributed by atoms with van der Waals surface area (Å²) in [6, 6.07) is 12.1. The molecule has 1 aromatic heterocycles. The topological polar surface area (TPSA) is 79.7 Å². The van der Waals surface area contributed by atoms with E-state index in [4.69, 9.17) is 9.47 Å². The van der Waals surface area contributed by atoms with Crippen LogP contribution in [0.1, 0.15) is 20.8 Å². The number of carbonyl (C=O) groups is 2. The number of rotatable bonds is 5. The van der Waals surface area contributed by atoms with Crippen LogP contribution in [0.25, 0.3) is 16.9 Å². The molecule has 0 fully saturated rings. The Bertz CT molecular complexity index is 1130. The Morgan fingerprint density at radius 2 is 1.61 bits per heavy atom. The zero-order chi connectivity index (χ0) is 22.8. The van der Waals surface area contributed by atoms with Crippen molar-refractivity contribution in [3.8, 4) is 22.7 Å². The van der Waals surface area contributed by atoms with E-state index in [9.17, 15) is 22.8 Å². The summed E-state index contributed by atoms with van der Waals surface area (Å²) in [7, 11) is 2.17. The predicted molar refractivity (Wildman–Crippen MR) is 106 cm³/mol. The third-order valence-electron chi connectivity index (χ3n) is 4.09. The van der Waals surface area contributed by atoms with Gasteiger partial charge in [-0.1, -0.05) is 24.3 Å². The van der Waals surface area contributed by atoms with Crippen LogP contribution in [0.15, 0.2) is 53.0 Å². The molecule has 0 atom stereocenters. The van der Waals surface area contributed by atoms with Gasteiger partial charge in [-0.3, -0.25) is 0 Å². The fourth-order valence-electron chi connectivity index (χ4n) is 2.87. The number of halogens is 4. The molecule has 31 heavy (non-hydrogen) atoms. The van der Waals surface area contributed by atoms with E-state index in [1.807, 2.05) is 0 Å². The molecule has 2 aromatic carbocycles. The number of carbonyl (C=O) groups excluding carboxylic acids is 2. The molecule has 0 spiro atoms. The number of methoxy groups -OCH3 is 2. The molecule has 0 saturated heterocycles. The number of esters is 2. The van der Waals surface area contributed by atoms with E-state index in [2.05, 4.69) is 25.8 Å². The second-order valence-corrected chi connectivity index (χ2v) is 6.82. The van der Waals surface area contributed by atoms with Crippen molar-refractivity contribution in [1.82, 2.24) is 9.78 Å². The highest BCUT2D eigenvalue weighted by atomic mass is 79.9. The lowest BCUT2D eigenvalue weighted by molar-refractivity contribution is -0.274. The van der Waals surface area contributed by atoms with Gasteiger partial charge in [0.1, 0.15) is 17.0 Å². The van der Waals surface area contributed by atoms with E-state index in [0.717, 1.165) is 25.0 Å². The first-order valence-corrected chi connectivity index (χ1v) is 9.37. The second kappa shape index (κ2) is 8.80. The smallest absolute Gasteiger partial charge is 0.465 e. The molecule has 3 aromatic rings. The van der Waals surface area contributed by atoms with Crippen molar-refractivity contribution in [2.45, 2.75) is 6.36 Å². The standard InChI is InChI=1S/C20H14BrF3N2O5/c1-29-18(27)15-16(14-12(21)9-6-10-13(14)31-20(22,23)24)25-26(17(15)19(28)30-2)11-7-4-3-5-8-11/h3-10H,1-2H3. The maximum Gasteiger partial charge on any atom is 0.573 e. The lowest BCUT2D eigenvalue weighted by Gasteiger charge is -2.14. The molecule has 0 unspecified atom stereocenters. The Kier molecular flexibility index (Phi) is 6.34. The molecule has 0 amide bonds. The molecule has 0 N–H and O–H groups in total. The van der Waals surface area contributed by atoms with Crippen LogP contribution in [0.4, 0.5) is 13.2 Å². The van der Waals surface area contributed by atoms with Crippen molar-refractivity contribution in [3.63, 3.8) is 0 Å². The van der Waals surface area contributed by atoms with Gasteiger partial charge in [0.2, 0.25) is 0 Å². The molecule has 11 heteroatoms. The van der Waals surface area contributed by atoms with Crippen molar-refractivity contribution in [2.24, 2.45) is 0 Å². The summed E-state index contributed by atoms with van der Waals surface area (Å²) >= 11 is 3.18. The summed E-state index contributed by atoms with van der Waals surface area (Å²) in [5.41, 5.74) is -0.783. The molecule has 3 rings (SSSR count). The normalized spacial score (nSPS) is 11.2. The average Bonchev–Trinajstić information content (AvgIpc) is 3.12. The van der Waals surface area contributed by atoms with Gasteiger partial charge >= 0.3 is 18.3 Å². The van der Waals surface area contributed by atoms with Crippen molar-refractivity contribution >= 4 is 27.9 Å². The van der Waals surface area contributed by atoms with Crippen molar-refractivity contribution in [3.05, 3.63) is 64.3 Å². The highest BCUT2D eigenvalue weighted by molar-refractivity contribution is 9.10. The first-order valence-electron chi connectivity index (χ1n) is 8.57. The van der Waals surface area contributed by atoms with Gasteiger partial charge < -0.3 is 14.2 Å². The fourth-order valence-corrected chi connectivity index (χ4v) is 3.41. The molecule has 0 radical (unpaired) electrons. The zero-order valence-corrected chi connectivity index (χ0v) is 17.7. The lowest BCUT2D eigenvalue weighted by Crippen LogP contribution is -2.18. The molecular weight excluding hydrogens is 485 g/mol. The molecule has 0 aliphatic carbocycles. The summed E-state index contributed by atoms with van der Waals surface area (Å²) in [5.74, 6) is -2.55. The number of nitrogens with zero attached hydrogens (tertiary/aromatic N) is 2. The van der Waals surface area contributed by atoms with Gasteiger partial charge in [0.15, 0.2) is 5.69 Å². The van der Waals surface area contributed by atoms with Crippen LogP contribution < -0.4 is 4.74 Å². The van der Waals surface area contributed by atoms with Crippen LogP contribution in [0, 0.1) is 0 Å². The molecule has 162 valence electrons. The van der Waals surface area contributed by atoms with Crippen LogP contribution in [-0.4, -0.2) is 42.3 Å². The van der Waals surface area contributed by atoms with Gasteiger partial charge in [-0.2, -0.15) is 5.10 Å². The van der Waals surface area contributed by atoms with E-state index < -0.39 is 24.1 Å². The van der Waals surface area contributed by atoms with Crippen molar-refractivity contribution in [2.75, 3.05) is 14.2 Å². The van der Waals surface area contributed by atoms with E-state index in [1.165, 1.54) is 12.1 Å². The number of alkyl halides is 3. The molecule has 0 bridgehead atoms. The Labute approximate surface area is 182 Å². The largest absolute Gasteiger partial charge is 0.573 e. The molecule has 0 aliphatic rings. The lowest BCUT2D eigenvalue weighted by atomic mass is 10.0. The zero-order valence-electron chi connectivity index (χ0n) is 16.1. The third kappa shape index (κ3) is 4.55. The van der Waals surface area contributed by atoms with Gasteiger partial charge in [-0.05, 0) is 40.2 Å². The maximum absolute atomic E-state index is 13.0. The molecule has 0 saturated carbocycles. The van der Waals surface area contributed by atoms with Gasteiger partial charge in [0, 0.05) is 4.47 Å². The average molecular weight is 499 g/mol. The maximum atomic E-state index is 13.0. The number of para-hydroxylation sites is 1. The van der Waals surface area contributed by atoms with E-state index >= 15 is 0 Å². The Hall–Kier alpha value is -3.34. The highest BCUT2D eigenvalue weighted by Gasteiger charge is 2.36. The minimum Gasteiger partial charge on any atom is -0.465 e. The minimum atomic E-state index is -5.01. The Morgan fingerprint density at radius 3 is 2.19 bits per heavy atom. The van der Waals surface area contributed by atoms with Crippen molar-refractivity contribution < 1.29 is 37.0 Å². The van der Waals surface area contributed by atoms with E-state index in [1.54, 1.807) is 30.3 Å². The van der Waals surface area contributed by atoms with Crippen LogP contribution in [0.2, 0.25) is 0 Å². The van der Waals surface area contributed by atoms with Gasteiger partial charge in [0.25, 0.3) is 0 Å². The summed E-state index contributed by atoms with van der Waals surface area (Å²) in [4.78, 5) is 25.2. The van der Waals surface area contributed by atoms with Crippen LogP contribution in [-0.2, 0) is 9.47 Å². The Morgan fingerprint density at radius 1 is 0.968 bits per heavy atom. The van der Waals surface area contributed by atoms with Gasteiger partial charge in [-0.25, -0.2) is 14.3 Å². The summed E-state index contributed by atoms with van der Waals surface area (Å²) < 4.78 is 53.9. The van der Waals surface area contributed by atoms with Gasteiger partial charge in [-0.15, -0.1) is 13.2 Å². The minimum absolute atomic E-state index is 0.147. The summed E-state index contributed by atoms with van der Waals surface area (Å²) in [5, 5.41) is 4.28. The molecule has 1 heterocycles. The molecule has 7 nitrogen and oxygen atoms in total. The number of ether oxygens (including phenoxy) is 3. The first-order chi connectivity index (χ1) is 14.7. The summed E-state index contributed by atoms with van der Waals surface area (Å²) in [6.07, 6.45) is -5.01. The number of benzene rings is 2. The first kappa shape index (κ1) is 22.3. The van der Waals surface area contributed by atoms with Crippen LogP contribution >= 0.6 is 15.9 Å². The van der Waals surface area contributed by atoms with Gasteiger partial charge in [0.05, 0.1) is 25.5 Å². The van der Waals surface area contributed by atoms with Crippen LogP contribution in [0.3, 0.4) is 0 Å².